The lowest BCUT2D eigenvalue weighted by atomic mass is 9.91. The van der Waals surface area contributed by atoms with E-state index in [-0.39, 0.29) is 21.7 Å². The summed E-state index contributed by atoms with van der Waals surface area (Å²) in [6, 6.07) is 9.03. The van der Waals surface area contributed by atoms with Crippen molar-refractivity contribution < 1.29 is 13.2 Å². The van der Waals surface area contributed by atoms with E-state index >= 15 is 0 Å². The summed E-state index contributed by atoms with van der Waals surface area (Å²) in [4.78, 5) is 16.2. The molecule has 5 nitrogen and oxygen atoms in total. The first-order valence-electron chi connectivity index (χ1n) is 8.09. The van der Waals surface area contributed by atoms with Gasteiger partial charge in [-0.15, -0.1) is 11.3 Å². The third-order valence-electron chi connectivity index (χ3n) is 4.19. The van der Waals surface area contributed by atoms with Crippen molar-refractivity contribution in [1.82, 2.24) is 4.98 Å². The van der Waals surface area contributed by atoms with Crippen LogP contribution in [0, 0.1) is 5.92 Å². The van der Waals surface area contributed by atoms with Crippen LogP contribution in [0.2, 0.25) is 0 Å². The minimum Gasteiger partial charge on any atom is -0.321 e. The maximum absolute atomic E-state index is 12.5. The van der Waals surface area contributed by atoms with Crippen molar-refractivity contribution >= 4 is 32.8 Å². The summed E-state index contributed by atoms with van der Waals surface area (Å²) in [5.41, 5.74) is 0.799. The Balaban J connectivity index is 1.68. The zero-order valence-corrected chi connectivity index (χ0v) is 14.9. The molecule has 1 aromatic heterocycles. The van der Waals surface area contributed by atoms with Crippen LogP contribution in [-0.4, -0.2) is 25.1 Å². The van der Waals surface area contributed by atoms with E-state index in [0.717, 1.165) is 37.0 Å². The number of sulfone groups is 1. The summed E-state index contributed by atoms with van der Waals surface area (Å²) in [6.45, 7) is 0. The van der Waals surface area contributed by atoms with E-state index < -0.39 is 15.7 Å². The molecule has 0 spiro atoms. The van der Waals surface area contributed by atoms with Crippen molar-refractivity contribution in [2.75, 3.05) is 11.1 Å². The first kappa shape index (κ1) is 17.1. The SMILES string of the molecule is O=C(Nc1ccccc1)c1csc(S(=O)(=O)CC2CCCCC2)n1. The van der Waals surface area contributed by atoms with Crippen LogP contribution in [0.4, 0.5) is 5.69 Å². The fourth-order valence-electron chi connectivity index (χ4n) is 2.96. The van der Waals surface area contributed by atoms with Crippen molar-refractivity contribution in [3.63, 3.8) is 0 Å². The van der Waals surface area contributed by atoms with Crippen LogP contribution >= 0.6 is 11.3 Å². The number of amides is 1. The number of para-hydroxylation sites is 1. The number of carbonyl (C=O) groups is 1. The average Bonchev–Trinajstić information content (AvgIpc) is 3.07. The molecule has 128 valence electrons. The lowest BCUT2D eigenvalue weighted by molar-refractivity contribution is 0.102. The summed E-state index contributed by atoms with van der Waals surface area (Å²) < 4.78 is 25.1. The van der Waals surface area contributed by atoms with E-state index in [9.17, 15) is 13.2 Å². The zero-order chi connectivity index (χ0) is 17.0. The molecule has 7 heteroatoms. The Bertz CT molecular complexity index is 794. The minimum atomic E-state index is -3.42. The maximum atomic E-state index is 12.5. The van der Waals surface area contributed by atoms with E-state index in [0.29, 0.717) is 5.69 Å². The number of hydrogen-bond acceptors (Lipinski definition) is 5. The van der Waals surface area contributed by atoms with Gasteiger partial charge in [-0.3, -0.25) is 4.79 Å². The molecule has 1 N–H and O–H groups in total. The second kappa shape index (κ2) is 7.44. The number of carbonyl (C=O) groups excluding carboxylic acids is 1. The van der Waals surface area contributed by atoms with E-state index in [1.165, 1.54) is 11.8 Å². The summed E-state index contributed by atoms with van der Waals surface area (Å²) >= 11 is 1.02. The van der Waals surface area contributed by atoms with E-state index in [4.69, 9.17) is 0 Å². The number of hydrogen-bond donors (Lipinski definition) is 1. The van der Waals surface area contributed by atoms with Crippen molar-refractivity contribution in [2.45, 2.75) is 36.4 Å². The highest BCUT2D eigenvalue weighted by atomic mass is 32.2. The summed E-state index contributed by atoms with van der Waals surface area (Å²) in [5, 5.41) is 4.22. The molecule has 2 aromatic rings. The number of rotatable bonds is 5. The molecule has 0 aliphatic heterocycles. The van der Waals surface area contributed by atoms with Gasteiger partial charge in [-0.1, -0.05) is 37.5 Å². The van der Waals surface area contributed by atoms with Crippen LogP contribution in [0.25, 0.3) is 0 Å². The Kier molecular flexibility index (Phi) is 5.30. The molecule has 0 bridgehead atoms. The van der Waals surface area contributed by atoms with Crippen molar-refractivity contribution in [3.8, 4) is 0 Å². The molecule has 0 atom stereocenters. The first-order chi connectivity index (χ1) is 11.5. The molecule has 0 unspecified atom stereocenters. The van der Waals surface area contributed by atoms with Gasteiger partial charge >= 0.3 is 0 Å². The third kappa shape index (κ3) is 4.21. The zero-order valence-electron chi connectivity index (χ0n) is 13.3. The number of anilines is 1. The van der Waals surface area contributed by atoms with Crippen LogP contribution in [-0.2, 0) is 9.84 Å². The van der Waals surface area contributed by atoms with Gasteiger partial charge in [0, 0.05) is 11.1 Å². The predicted molar refractivity (Wildman–Crippen MR) is 95.1 cm³/mol. The third-order valence-corrected chi connectivity index (χ3v) is 7.41. The highest BCUT2D eigenvalue weighted by molar-refractivity contribution is 7.93. The molecule has 0 radical (unpaired) electrons. The van der Waals surface area contributed by atoms with Gasteiger partial charge in [0.15, 0.2) is 0 Å². The topological polar surface area (TPSA) is 76.1 Å². The maximum Gasteiger partial charge on any atom is 0.275 e. The fourth-order valence-corrected chi connectivity index (χ4v) is 5.75. The van der Waals surface area contributed by atoms with Gasteiger partial charge in [0.25, 0.3) is 5.91 Å². The normalized spacial score (nSPS) is 16.0. The van der Waals surface area contributed by atoms with Crippen LogP contribution < -0.4 is 5.32 Å². The van der Waals surface area contributed by atoms with Crippen LogP contribution in [0.3, 0.4) is 0 Å². The molecule has 1 aliphatic rings. The Morgan fingerprint density at radius 3 is 2.58 bits per heavy atom. The van der Waals surface area contributed by atoms with E-state index in [1.807, 2.05) is 18.2 Å². The number of thiazole rings is 1. The van der Waals surface area contributed by atoms with Crippen molar-refractivity contribution in [2.24, 2.45) is 5.92 Å². The number of aromatic nitrogens is 1. The molecule has 1 aromatic carbocycles. The van der Waals surface area contributed by atoms with Gasteiger partial charge in [0.2, 0.25) is 14.2 Å². The van der Waals surface area contributed by atoms with E-state index in [1.54, 1.807) is 12.1 Å². The standard InChI is InChI=1S/C17H20N2O3S2/c20-16(18-14-9-5-2-6-10-14)15-11-23-17(19-15)24(21,22)12-13-7-3-1-4-8-13/h2,5-6,9-11,13H,1,3-4,7-8,12H2,(H,18,20). The summed E-state index contributed by atoms with van der Waals surface area (Å²) in [6.07, 6.45) is 5.32. The number of nitrogens with one attached hydrogen (secondary N) is 1. The molecule has 1 amide bonds. The lowest BCUT2D eigenvalue weighted by Gasteiger charge is -2.20. The largest absolute Gasteiger partial charge is 0.321 e. The Labute approximate surface area is 146 Å². The first-order valence-corrected chi connectivity index (χ1v) is 10.6. The summed E-state index contributed by atoms with van der Waals surface area (Å²) in [7, 11) is -3.42. The van der Waals surface area contributed by atoms with Gasteiger partial charge in [0.1, 0.15) is 5.69 Å². The quantitative estimate of drug-likeness (QED) is 0.877. The highest BCUT2D eigenvalue weighted by Gasteiger charge is 2.26. The molecular weight excluding hydrogens is 344 g/mol. The van der Waals surface area contributed by atoms with Crippen LogP contribution in [0.5, 0.6) is 0 Å². The van der Waals surface area contributed by atoms with Gasteiger partial charge in [0.05, 0.1) is 5.75 Å². The van der Waals surface area contributed by atoms with Crippen molar-refractivity contribution in [3.05, 3.63) is 41.4 Å². The molecule has 3 rings (SSSR count). The Morgan fingerprint density at radius 1 is 1.17 bits per heavy atom. The molecule has 0 saturated heterocycles. The molecule has 1 saturated carbocycles. The number of nitrogens with zero attached hydrogens (tertiary/aromatic N) is 1. The van der Waals surface area contributed by atoms with Gasteiger partial charge in [-0.05, 0) is 30.9 Å². The lowest BCUT2D eigenvalue weighted by Crippen LogP contribution is -2.19. The van der Waals surface area contributed by atoms with Gasteiger partial charge < -0.3 is 5.32 Å². The smallest absolute Gasteiger partial charge is 0.275 e. The Morgan fingerprint density at radius 2 is 1.88 bits per heavy atom. The average molecular weight is 364 g/mol. The van der Waals surface area contributed by atoms with Crippen LogP contribution in [0.1, 0.15) is 42.6 Å². The second-order valence-corrected chi connectivity index (χ2v) is 9.17. The molecule has 1 fully saturated rings. The second-order valence-electron chi connectivity index (χ2n) is 6.10. The van der Waals surface area contributed by atoms with E-state index in [2.05, 4.69) is 10.3 Å². The highest BCUT2D eigenvalue weighted by Crippen LogP contribution is 2.28. The number of benzene rings is 1. The monoisotopic (exact) mass is 364 g/mol. The molecule has 1 heterocycles. The van der Waals surface area contributed by atoms with Gasteiger partial charge in [-0.2, -0.15) is 0 Å². The van der Waals surface area contributed by atoms with Gasteiger partial charge in [-0.25, -0.2) is 13.4 Å². The van der Waals surface area contributed by atoms with Crippen LogP contribution in [0.15, 0.2) is 40.1 Å². The summed E-state index contributed by atoms with van der Waals surface area (Å²) in [5.74, 6) is -0.0360. The Hall–Kier alpha value is -1.73. The predicted octanol–water partition coefficient (Wildman–Crippen LogP) is 3.75. The van der Waals surface area contributed by atoms with Crippen molar-refractivity contribution in [1.29, 1.82) is 0 Å². The molecular formula is C17H20N2O3S2. The minimum absolute atomic E-state index is 0.0475. The molecule has 1 aliphatic carbocycles. The molecule has 24 heavy (non-hydrogen) atoms. The fraction of sp³-hybridized carbons (Fsp3) is 0.412.